The van der Waals surface area contributed by atoms with Crippen molar-refractivity contribution in [1.82, 2.24) is 0 Å². The number of nitrogens with one attached hydrogen (secondary N) is 1. The van der Waals surface area contributed by atoms with Gasteiger partial charge in [0.25, 0.3) is 0 Å². The van der Waals surface area contributed by atoms with Crippen molar-refractivity contribution in [3.05, 3.63) is 171 Å². The molecule has 3 heteroatoms. The monoisotopic (exact) mass is 770 g/mol. The number of hydrogen-bond acceptors (Lipinski definition) is 2. The van der Waals surface area contributed by atoms with Crippen LogP contribution in [-0.2, 0) is 17.3 Å². The van der Waals surface area contributed by atoms with Crippen LogP contribution in [-0.4, -0.2) is 7.28 Å². The molecule has 0 atom stereocenters. The summed E-state index contributed by atoms with van der Waals surface area (Å²) in [5.41, 5.74) is 25.1. The summed E-state index contributed by atoms with van der Waals surface area (Å²) in [5, 5.41) is 6.59. The van der Waals surface area contributed by atoms with Crippen molar-refractivity contribution in [3.8, 4) is 0 Å². The Bertz CT molecular complexity index is 2760. The molecule has 1 N–H and O–H groups in total. The van der Waals surface area contributed by atoms with E-state index < -0.39 is 0 Å². The van der Waals surface area contributed by atoms with Crippen molar-refractivity contribution in [3.63, 3.8) is 0 Å². The summed E-state index contributed by atoms with van der Waals surface area (Å²) in [6, 6.07) is 39.9. The van der Waals surface area contributed by atoms with Gasteiger partial charge in [-0.15, -0.1) is 0 Å². The summed E-state index contributed by atoms with van der Waals surface area (Å²) in [4.78, 5) is 2.70. The zero-order valence-electron chi connectivity index (χ0n) is 36.6. The molecule has 6 aromatic rings. The third-order valence-corrected chi connectivity index (χ3v) is 14.6. The van der Waals surface area contributed by atoms with E-state index in [9.17, 15) is 0 Å². The van der Waals surface area contributed by atoms with Crippen LogP contribution in [0.5, 0.6) is 0 Å². The summed E-state index contributed by atoms with van der Waals surface area (Å²) in [6.07, 6.45) is 10.6. The van der Waals surface area contributed by atoms with Gasteiger partial charge in [0.2, 0.25) is 0 Å². The predicted molar refractivity (Wildman–Crippen MR) is 256 cm³/mol. The Morgan fingerprint density at radius 2 is 1.41 bits per heavy atom. The van der Waals surface area contributed by atoms with E-state index in [1.807, 2.05) is 0 Å². The number of aryl methyl sites for hydroxylation is 3. The lowest BCUT2D eigenvalue weighted by Crippen LogP contribution is -2.43. The molecule has 6 aromatic carbocycles. The Kier molecular flexibility index (Phi) is 9.13. The summed E-state index contributed by atoms with van der Waals surface area (Å²) in [6.45, 7) is 19.1. The highest BCUT2D eigenvalue weighted by Gasteiger charge is 2.39. The standard InChI is InChI=1S/C56H59BN2/c1-34-16-9-14-23-49(34)58-53-35(2)17-15-22-44(53)45-31-40-19-11-13-21-43(40)54-52(45)57-48-32-41(30-39-18-10-12-20-42(39)38-24-25-38)36(3)29-51(48)59(54)50-33-47-46(28-37(50)4)55(5,6)26-27-56(47,7)8/h9-14,16,18-23,28-29,31-33,38,57-58H,15,17,24-27,30H2,1-8H3. The molecule has 10 rings (SSSR count). The third-order valence-electron chi connectivity index (χ3n) is 14.6. The zero-order chi connectivity index (χ0) is 40.8. The molecule has 1 heterocycles. The molecule has 0 radical (unpaired) electrons. The number of nitrogens with zero attached hydrogens (tertiary/aromatic N) is 1. The Morgan fingerprint density at radius 3 is 2.19 bits per heavy atom. The lowest BCUT2D eigenvalue weighted by atomic mass is 9.56. The highest BCUT2D eigenvalue weighted by atomic mass is 15.2. The second kappa shape index (κ2) is 14.2. The van der Waals surface area contributed by atoms with Crippen LogP contribution in [0.1, 0.15) is 129 Å². The number of para-hydroxylation sites is 1. The molecule has 0 unspecified atom stereocenters. The van der Waals surface area contributed by atoms with Crippen LogP contribution in [0.3, 0.4) is 0 Å². The minimum absolute atomic E-state index is 0.0960. The molecule has 1 aliphatic heterocycles. The molecule has 0 bridgehead atoms. The second-order valence-corrected chi connectivity index (χ2v) is 19.7. The van der Waals surface area contributed by atoms with Gasteiger partial charge in [-0.1, -0.05) is 118 Å². The van der Waals surface area contributed by atoms with Crippen LogP contribution in [0, 0.1) is 20.8 Å². The van der Waals surface area contributed by atoms with Crippen molar-refractivity contribution in [1.29, 1.82) is 0 Å². The molecule has 296 valence electrons. The highest BCUT2D eigenvalue weighted by molar-refractivity contribution is 6.73. The number of fused-ring (bicyclic) bond motifs is 5. The fourth-order valence-electron chi connectivity index (χ4n) is 10.7. The molecule has 0 aromatic heterocycles. The van der Waals surface area contributed by atoms with E-state index in [1.165, 1.54) is 131 Å². The molecule has 0 saturated heterocycles. The van der Waals surface area contributed by atoms with Crippen molar-refractivity contribution in [2.75, 3.05) is 10.2 Å². The van der Waals surface area contributed by atoms with E-state index in [4.69, 9.17) is 0 Å². The maximum Gasteiger partial charge on any atom is 0.198 e. The number of hydrogen-bond donors (Lipinski definition) is 1. The number of anilines is 4. The molecule has 4 aliphatic rings. The van der Waals surface area contributed by atoms with E-state index in [0.29, 0.717) is 0 Å². The predicted octanol–water partition coefficient (Wildman–Crippen LogP) is 13.3. The maximum atomic E-state index is 3.99. The van der Waals surface area contributed by atoms with Gasteiger partial charge in [-0.25, -0.2) is 0 Å². The van der Waals surface area contributed by atoms with Crippen LogP contribution >= 0.6 is 0 Å². The largest absolute Gasteiger partial charge is 0.355 e. The Morgan fingerprint density at radius 1 is 0.695 bits per heavy atom. The molecule has 2 nitrogen and oxygen atoms in total. The van der Waals surface area contributed by atoms with Gasteiger partial charge in [0.05, 0.1) is 0 Å². The van der Waals surface area contributed by atoms with Crippen molar-refractivity contribution < 1.29 is 0 Å². The van der Waals surface area contributed by atoms with E-state index >= 15 is 0 Å². The summed E-state index contributed by atoms with van der Waals surface area (Å²) in [7, 11) is 0.884. The van der Waals surface area contributed by atoms with Gasteiger partial charge in [-0.2, -0.15) is 0 Å². The fourth-order valence-corrected chi connectivity index (χ4v) is 10.7. The Balaban J connectivity index is 1.22. The van der Waals surface area contributed by atoms with E-state index in [-0.39, 0.29) is 10.8 Å². The third kappa shape index (κ3) is 6.57. The summed E-state index contributed by atoms with van der Waals surface area (Å²) in [5.74, 6) is 0.728. The topological polar surface area (TPSA) is 15.3 Å². The molecule has 3 aliphatic carbocycles. The highest BCUT2D eigenvalue weighted by Crippen LogP contribution is 2.51. The van der Waals surface area contributed by atoms with Crippen LogP contribution in [0.15, 0.2) is 120 Å². The normalized spacial score (nSPS) is 17.8. The van der Waals surface area contributed by atoms with E-state index in [0.717, 1.165) is 32.5 Å². The molecule has 0 spiro atoms. The minimum atomic E-state index is 0.0960. The molecule has 59 heavy (non-hydrogen) atoms. The molecular weight excluding hydrogens is 711 g/mol. The summed E-state index contributed by atoms with van der Waals surface area (Å²) >= 11 is 0. The van der Waals surface area contributed by atoms with E-state index in [1.54, 1.807) is 5.56 Å². The quantitative estimate of drug-likeness (QED) is 0.162. The molecule has 0 amide bonds. The first kappa shape index (κ1) is 38.0. The molecule has 1 fully saturated rings. The lowest BCUT2D eigenvalue weighted by Gasteiger charge is -2.44. The SMILES string of the molecule is CC1=C(Nc2ccccc2C)C(c2cc3ccccc3c3c2Bc2cc(Cc4ccccc4C4CC4)c(C)cc2N3c2cc3c(cc2C)C(C)(C)CCC3(C)C)=CCC1. The van der Waals surface area contributed by atoms with Gasteiger partial charge in [0.15, 0.2) is 7.28 Å². The van der Waals surface area contributed by atoms with Crippen molar-refractivity contribution >= 4 is 57.3 Å². The van der Waals surface area contributed by atoms with Crippen molar-refractivity contribution in [2.24, 2.45) is 0 Å². The number of allylic oxidation sites excluding steroid dienone is 3. The Hall–Kier alpha value is -5.28. The minimum Gasteiger partial charge on any atom is -0.355 e. The number of benzene rings is 6. The van der Waals surface area contributed by atoms with Crippen molar-refractivity contribution in [2.45, 2.75) is 117 Å². The second-order valence-electron chi connectivity index (χ2n) is 19.7. The molecular formula is C56H59BN2. The lowest BCUT2D eigenvalue weighted by molar-refractivity contribution is 0.332. The van der Waals surface area contributed by atoms with Crippen LogP contribution < -0.4 is 21.1 Å². The van der Waals surface area contributed by atoms with Crippen LogP contribution in [0.4, 0.5) is 22.7 Å². The van der Waals surface area contributed by atoms with Gasteiger partial charge in [-0.05, 0) is 180 Å². The average molecular weight is 771 g/mol. The van der Waals surface area contributed by atoms with Gasteiger partial charge in [0, 0.05) is 39.4 Å². The first-order chi connectivity index (χ1) is 28.4. The maximum absolute atomic E-state index is 3.99. The zero-order valence-corrected chi connectivity index (χ0v) is 36.6. The first-order valence-electron chi connectivity index (χ1n) is 22.3. The average Bonchev–Trinajstić information content (AvgIpc) is 4.07. The van der Waals surface area contributed by atoms with Gasteiger partial charge < -0.3 is 10.2 Å². The van der Waals surface area contributed by atoms with E-state index in [2.05, 4.69) is 175 Å². The fraction of sp³-hybridized carbons (Fsp3) is 0.321. The first-order valence-corrected chi connectivity index (χ1v) is 22.3. The molecule has 1 saturated carbocycles. The summed E-state index contributed by atoms with van der Waals surface area (Å²) < 4.78 is 0. The number of rotatable bonds is 7. The van der Waals surface area contributed by atoms with Gasteiger partial charge >= 0.3 is 0 Å². The van der Waals surface area contributed by atoms with Crippen LogP contribution in [0.25, 0.3) is 16.3 Å². The smallest absolute Gasteiger partial charge is 0.198 e. The van der Waals surface area contributed by atoms with Gasteiger partial charge in [-0.3, -0.25) is 0 Å². The Labute approximate surface area is 353 Å². The van der Waals surface area contributed by atoms with Gasteiger partial charge in [0.1, 0.15) is 0 Å². The van der Waals surface area contributed by atoms with Crippen LogP contribution in [0.2, 0.25) is 0 Å².